The number of hydrogen-bond donors (Lipinski definition) is 1. The number of nitrogens with zero attached hydrogens (tertiary/aromatic N) is 1. The molecule has 1 aliphatic rings. The summed E-state index contributed by atoms with van der Waals surface area (Å²) in [5.74, 6) is 0.949. The van der Waals surface area contributed by atoms with Gasteiger partial charge in [-0.15, -0.1) is 0 Å². The van der Waals surface area contributed by atoms with Gasteiger partial charge in [-0.05, 0) is 49.9 Å². The van der Waals surface area contributed by atoms with E-state index in [-0.39, 0.29) is 12.5 Å². The molecule has 21 heavy (non-hydrogen) atoms. The Morgan fingerprint density at radius 1 is 1.33 bits per heavy atom. The highest BCUT2D eigenvalue weighted by molar-refractivity contribution is 9.10. The predicted octanol–water partition coefficient (Wildman–Crippen LogP) is 2.98. The standard InChI is InChI=1S/C16H22BrNO3/c17-13-6-8-15(9-7-13)21-12-2-5-16(20)18(10-11-19)14-3-1-4-14/h6-9,14,19H,1-5,10-12H2. The van der Waals surface area contributed by atoms with E-state index in [4.69, 9.17) is 9.84 Å². The van der Waals surface area contributed by atoms with E-state index in [1.165, 1.54) is 6.42 Å². The van der Waals surface area contributed by atoms with Crippen molar-refractivity contribution in [3.8, 4) is 5.75 Å². The fourth-order valence-corrected chi connectivity index (χ4v) is 2.67. The Balaban J connectivity index is 1.69. The molecule has 116 valence electrons. The van der Waals surface area contributed by atoms with Crippen LogP contribution >= 0.6 is 15.9 Å². The Bertz CT molecular complexity index is 445. The Labute approximate surface area is 134 Å². The number of halogens is 1. The van der Waals surface area contributed by atoms with Gasteiger partial charge in [-0.25, -0.2) is 0 Å². The zero-order chi connectivity index (χ0) is 15.1. The molecule has 1 N–H and O–H groups in total. The molecule has 0 heterocycles. The Morgan fingerprint density at radius 2 is 2.05 bits per heavy atom. The van der Waals surface area contributed by atoms with Crippen molar-refractivity contribution in [3.63, 3.8) is 0 Å². The van der Waals surface area contributed by atoms with E-state index >= 15 is 0 Å². The molecule has 4 nitrogen and oxygen atoms in total. The van der Waals surface area contributed by atoms with Crippen LogP contribution in [0, 0.1) is 0 Å². The molecule has 1 aliphatic carbocycles. The van der Waals surface area contributed by atoms with Gasteiger partial charge in [0.15, 0.2) is 0 Å². The number of rotatable bonds is 8. The van der Waals surface area contributed by atoms with Crippen LogP contribution in [0.25, 0.3) is 0 Å². The van der Waals surface area contributed by atoms with Crippen LogP contribution in [0.1, 0.15) is 32.1 Å². The van der Waals surface area contributed by atoms with Crippen LogP contribution in [-0.2, 0) is 4.79 Å². The lowest BCUT2D eigenvalue weighted by Crippen LogP contribution is -2.45. The minimum atomic E-state index is 0.0393. The Kier molecular flexibility index (Phi) is 6.51. The lowest BCUT2D eigenvalue weighted by Gasteiger charge is -2.37. The highest BCUT2D eigenvalue weighted by Gasteiger charge is 2.27. The van der Waals surface area contributed by atoms with Crippen molar-refractivity contribution in [2.45, 2.75) is 38.1 Å². The molecule has 0 spiro atoms. The minimum Gasteiger partial charge on any atom is -0.494 e. The molecule has 1 fully saturated rings. The first-order valence-corrected chi connectivity index (χ1v) is 8.28. The topological polar surface area (TPSA) is 49.8 Å². The van der Waals surface area contributed by atoms with Crippen LogP contribution < -0.4 is 4.74 Å². The van der Waals surface area contributed by atoms with Crippen molar-refractivity contribution < 1.29 is 14.6 Å². The highest BCUT2D eigenvalue weighted by atomic mass is 79.9. The van der Waals surface area contributed by atoms with Crippen molar-refractivity contribution in [1.82, 2.24) is 4.90 Å². The van der Waals surface area contributed by atoms with Crippen molar-refractivity contribution >= 4 is 21.8 Å². The number of carbonyl (C=O) groups is 1. The molecule has 1 aromatic rings. The van der Waals surface area contributed by atoms with Gasteiger partial charge in [0.05, 0.1) is 13.2 Å². The summed E-state index contributed by atoms with van der Waals surface area (Å²) < 4.78 is 6.63. The third kappa shape index (κ3) is 5.00. The van der Waals surface area contributed by atoms with Gasteiger partial charge < -0.3 is 14.7 Å². The van der Waals surface area contributed by atoms with E-state index in [1.807, 2.05) is 29.2 Å². The third-order valence-electron chi connectivity index (χ3n) is 3.79. The maximum Gasteiger partial charge on any atom is 0.223 e. The number of ether oxygens (including phenoxy) is 1. The summed E-state index contributed by atoms with van der Waals surface area (Å²) in [5, 5.41) is 9.07. The fourth-order valence-electron chi connectivity index (χ4n) is 2.40. The average Bonchev–Trinajstić information content (AvgIpc) is 2.43. The van der Waals surface area contributed by atoms with E-state index in [9.17, 15) is 4.79 Å². The summed E-state index contributed by atoms with van der Waals surface area (Å²) in [6.07, 6.45) is 4.51. The van der Waals surface area contributed by atoms with E-state index in [0.29, 0.717) is 32.0 Å². The van der Waals surface area contributed by atoms with Gasteiger partial charge in [-0.3, -0.25) is 4.79 Å². The summed E-state index contributed by atoms with van der Waals surface area (Å²) in [4.78, 5) is 14.0. The monoisotopic (exact) mass is 355 g/mol. The van der Waals surface area contributed by atoms with Gasteiger partial charge in [-0.1, -0.05) is 15.9 Å². The lowest BCUT2D eigenvalue weighted by atomic mass is 9.91. The summed E-state index contributed by atoms with van der Waals surface area (Å²) >= 11 is 3.38. The number of benzene rings is 1. The van der Waals surface area contributed by atoms with Crippen LogP contribution in [0.15, 0.2) is 28.7 Å². The second kappa shape index (κ2) is 8.39. The predicted molar refractivity (Wildman–Crippen MR) is 85.3 cm³/mol. The molecule has 0 saturated heterocycles. The lowest BCUT2D eigenvalue weighted by molar-refractivity contribution is -0.136. The summed E-state index contributed by atoms with van der Waals surface area (Å²) in [6.45, 7) is 1.03. The second-order valence-corrected chi connectivity index (χ2v) is 6.22. The SMILES string of the molecule is O=C(CCCOc1ccc(Br)cc1)N(CCO)C1CCC1. The highest BCUT2D eigenvalue weighted by Crippen LogP contribution is 2.25. The number of amides is 1. The summed E-state index contributed by atoms with van der Waals surface area (Å²) in [6, 6.07) is 8.01. The minimum absolute atomic E-state index is 0.0393. The first-order chi connectivity index (χ1) is 10.2. The van der Waals surface area contributed by atoms with Gasteiger partial charge in [0.1, 0.15) is 5.75 Å². The van der Waals surface area contributed by atoms with E-state index in [1.54, 1.807) is 0 Å². The molecular weight excluding hydrogens is 334 g/mol. The number of hydrogen-bond acceptors (Lipinski definition) is 3. The molecule has 2 rings (SSSR count). The number of carbonyl (C=O) groups excluding carboxylic acids is 1. The first-order valence-electron chi connectivity index (χ1n) is 7.49. The maximum atomic E-state index is 12.2. The van der Waals surface area contributed by atoms with Gasteiger partial charge in [0, 0.05) is 23.5 Å². The average molecular weight is 356 g/mol. The molecule has 1 saturated carbocycles. The van der Waals surface area contributed by atoms with Gasteiger partial charge in [-0.2, -0.15) is 0 Å². The number of aliphatic hydroxyl groups is 1. The Morgan fingerprint density at radius 3 is 2.62 bits per heavy atom. The van der Waals surface area contributed by atoms with E-state index in [0.717, 1.165) is 23.1 Å². The molecule has 1 aromatic carbocycles. The fraction of sp³-hybridized carbons (Fsp3) is 0.562. The van der Waals surface area contributed by atoms with Gasteiger partial charge >= 0.3 is 0 Å². The molecule has 5 heteroatoms. The quantitative estimate of drug-likeness (QED) is 0.729. The van der Waals surface area contributed by atoms with Crippen molar-refractivity contribution in [2.24, 2.45) is 0 Å². The van der Waals surface area contributed by atoms with Crippen molar-refractivity contribution in [2.75, 3.05) is 19.8 Å². The maximum absolute atomic E-state index is 12.2. The summed E-state index contributed by atoms with van der Waals surface area (Å²) in [5.41, 5.74) is 0. The zero-order valence-corrected chi connectivity index (χ0v) is 13.7. The normalized spacial score (nSPS) is 14.6. The van der Waals surface area contributed by atoms with Crippen LogP contribution in [-0.4, -0.2) is 41.7 Å². The zero-order valence-electron chi connectivity index (χ0n) is 12.1. The second-order valence-electron chi connectivity index (χ2n) is 5.30. The molecule has 0 aromatic heterocycles. The number of aliphatic hydroxyl groups excluding tert-OH is 1. The molecule has 0 atom stereocenters. The molecule has 0 unspecified atom stereocenters. The molecular formula is C16H22BrNO3. The van der Waals surface area contributed by atoms with E-state index in [2.05, 4.69) is 15.9 Å². The van der Waals surface area contributed by atoms with Crippen LogP contribution in [0.4, 0.5) is 0 Å². The Hall–Kier alpha value is -1.07. The van der Waals surface area contributed by atoms with Gasteiger partial charge in [0.2, 0.25) is 5.91 Å². The van der Waals surface area contributed by atoms with Crippen molar-refractivity contribution in [3.05, 3.63) is 28.7 Å². The largest absolute Gasteiger partial charge is 0.494 e. The molecule has 0 aliphatic heterocycles. The molecule has 1 amide bonds. The molecule has 0 radical (unpaired) electrons. The first kappa shape index (κ1) is 16.3. The van der Waals surface area contributed by atoms with Crippen LogP contribution in [0.3, 0.4) is 0 Å². The smallest absolute Gasteiger partial charge is 0.223 e. The summed E-state index contributed by atoms with van der Waals surface area (Å²) in [7, 11) is 0. The van der Waals surface area contributed by atoms with Gasteiger partial charge in [0.25, 0.3) is 0 Å². The van der Waals surface area contributed by atoms with Crippen LogP contribution in [0.2, 0.25) is 0 Å². The van der Waals surface area contributed by atoms with Crippen LogP contribution in [0.5, 0.6) is 5.75 Å². The van der Waals surface area contributed by atoms with Crippen molar-refractivity contribution in [1.29, 1.82) is 0 Å². The third-order valence-corrected chi connectivity index (χ3v) is 4.32. The molecule has 0 bridgehead atoms. The van der Waals surface area contributed by atoms with E-state index < -0.39 is 0 Å².